The van der Waals surface area contributed by atoms with Crippen molar-refractivity contribution in [3.05, 3.63) is 24.3 Å². The Morgan fingerprint density at radius 3 is 2.78 bits per heavy atom. The average molecular weight is 244 g/mol. The lowest BCUT2D eigenvalue weighted by molar-refractivity contribution is 0.351. The van der Waals surface area contributed by atoms with Gasteiger partial charge in [-0.25, -0.2) is 0 Å². The maximum Gasteiger partial charge on any atom is 0.0605 e. The van der Waals surface area contributed by atoms with Crippen LogP contribution in [0.4, 0.5) is 11.4 Å². The summed E-state index contributed by atoms with van der Waals surface area (Å²) in [4.78, 5) is 2.63. The molecule has 1 heterocycles. The molecule has 0 aromatic heterocycles. The highest BCUT2D eigenvalue weighted by Crippen LogP contribution is 2.34. The van der Waals surface area contributed by atoms with Gasteiger partial charge in [0.2, 0.25) is 0 Å². The fraction of sp³-hybridized carbons (Fsp3) is 0.625. The molecule has 2 heteroatoms. The summed E-state index contributed by atoms with van der Waals surface area (Å²) in [6, 6.07) is 9.37. The Bertz CT molecular complexity index is 396. The second-order valence-electron chi connectivity index (χ2n) is 5.90. The zero-order valence-corrected chi connectivity index (χ0v) is 11.4. The van der Waals surface area contributed by atoms with Crippen molar-refractivity contribution >= 4 is 11.4 Å². The first kappa shape index (κ1) is 11.9. The summed E-state index contributed by atoms with van der Waals surface area (Å²) in [5.41, 5.74) is 2.72. The van der Waals surface area contributed by atoms with Crippen molar-refractivity contribution in [2.75, 3.05) is 23.3 Å². The van der Waals surface area contributed by atoms with E-state index in [1.54, 1.807) is 0 Å². The largest absolute Gasteiger partial charge is 0.381 e. The molecule has 1 N–H and O–H groups in total. The van der Waals surface area contributed by atoms with Gasteiger partial charge in [0.15, 0.2) is 0 Å². The van der Waals surface area contributed by atoms with Crippen LogP contribution in [-0.4, -0.2) is 19.1 Å². The van der Waals surface area contributed by atoms with Gasteiger partial charge in [-0.3, -0.25) is 0 Å². The van der Waals surface area contributed by atoms with Gasteiger partial charge in [0.25, 0.3) is 0 Å². The number of hydrogen-bond acceptors (Lipinski definition) is 2. The van der Waals surface area contributed by atoms with E-state index in [9.17, 15) is 0 Å². The molecule has 1 aromatic carbocycles. The minimum absolute atomic E-state index is 0.613. The average Bonchev–Trinajstić information content (AvgIpc) is 2.43. The van der Waals surface area contributed by atoms with Crippen LogP contribution in [0.2, 0.25) is 0 Å². The topological polar surface area (TPSA) is 15.3 Å². The molecule has 0 radical (unpaired) electrons. The third kappa shape index (κ3) is 2.33. The quantitative estimate of drug-likeness (QED) is 0.849. The van der Waals surface area contributed by atoms with Gasteiger partial charge < -0.3 is 10.2 Å². The van der Waals surface area contributed by atoms with E-state index in [0.717, 1.165) is 12.5 Å². The number of para-hydroxylation sites is 2. The molecule has 0 saturated heterocycles. The van der Waals surface area contributed by atoms with Crippen LogP contribution in [0.25, 0.3) is 0 Å². The predicted molar refractivity (Wildman–Crippen MR) is 78.3 cm³/mol. The van der Waals surface area contributed by atoms with Gasteiger partial charge in [-0.05, 0) is 37.8 Å². The number of fused-ring (bicyclic) bond motifs is 1. The number of nitrogens with zero attached hydrogens (tertiary/aromatic N) is 1. The maximum absolute atomic E-state index is 3.54. The molecule has 0 bridgehead atoms. The molecule has 18 heavy (non-hydrogen) atoms. The fourth-order valence-electron chi connectivity index (χ4n) is 3.41. The second-order valence-corrected chi connectivity index (χ2v) is 5.90. The third-order valence-corrected chi connectivity index (χ3v) is 4.51. The zero-order chi connectivity index (χ0) is 12.4. The molecule has 1 atom stereocenters. The molecule has 98 valence electrons. The van der Waals surface area contributed by atoms with Crippen molar-refractivity contribution in [3.8, 4) is 0 Å². The van der Waals surface area contributed by atoms with Gasteiger partial charge in [-0.15, -0.1) is 0 Å². The van der Waals surface area contributed by atoms with Crippen LogP contribution in [0.15, 0.2) is 24.3 Å². The van der Waals surface area contributed by atoms with E-state index in [4.69, 9.17) is 0 Å². The van der Waals surface area contributed by atoms with Crippen molar-refractivity contribution < 1.29 is 0 Å². The number of benzene rings is 1. The molecule has 2 aliphatic rings. The van der Waals surface area contributed by atoms with E-state index < -0.39 is 0 Å². The molecule has 0 spiro atoms. The summed E-state index contributed by atoms with van der Waals surface area (Å²) in [6.45, 7) is 4.66. The highest BCUT2D eigenvalue weighted by molar-refractivity contribution is 5.72. The van der Waals surface area contributed by atoms with Crippen LogP contribution < -0.4 is 10.2 Å². The zero-order valence-electron chi connectivity index (χ0n) is 11.4. The Morgan fingerprint density at radius 1 is 1.17 bits per heavy atom. The summed E-state index contributed by atoms with van der Waals surface area (Å²) in [6.07, 6.45) is 7.18. The van der Waals surface area contributed by atoms with Crippen LogP contribution in [-0.2, 0) is 0 Å². The first-order valence-corrected chi connectivity index (χ1v) is 7.44. The van der Waals surface area contributed by atoms with E-state index in [-0.39, 0.29) is 0 Å². The fourth-order valence-corrected chi connectivity index (χ4v) is 3.41. The van der Waals surface area contributed by atoms with Crippen LogP contribution >= 0.6 is 0 Å². The molecule has 1 aliphatic carbocycles. The number of anilines is 2. The van der Waals surface area contributed by atoms with Crippen LogP contribution in [0.3, 0.4) is 0 Å². The van der Waals surface area contributed by atoms with E-state index in [2.05, 4.69) is 41.4 Å². The van der Waals surface area contributed by atoms with Crippen LogP contribution in [0, 0.1) is 5.92 Å². The van der Waals surface area contributed by atoms with E-state index in [0.29, 0.717) is 6.04 Å². The van der Waals surface area contributed by atoms with E-state index >= 15 is 0 Å². The monoisotopic (exact) mass is 244 g/mol. The van der Waals surface area contributed by atoms with Gasteiger partial charge in [-0.1, -0.05) is 31.4 Å². The Balaban J connectivity index is 1.77. The molecule has 1 unspecified atom stereocenters. The molecular formula is C16H24N2. The van der Waals surface area contributed by atoms with E-state index in [1.807, 2.05) is 0 Å². The van der Waals surface area contributed by atoms with Crippen LogP contribution in [0.1, 0.15) is 39.0 Å². The van der Waals surface area contributed by atoms with Gasteiger partial charge >= 0.3 is 0 Å². The standard InChI is InChI=1S/C16H24N2/c1-13-11-17-15-9-5-6-10-16(15)18(13)12-14-7-3-2-4-8-14/h5-6,9-10,13-14,17H,2-4,7-8,11-12H2,1H3. The minimum atomic E-state index is 0.613. The van der Waals surface area contributed by atoms with Crippen molar-refractivity contribution in [2.24, 2.45) is 5.92 Å². The van der Waals surface area contributed by atoms with E-state index in [1.165, 1.54) is 50.0 Å². The predicted octanol–water partition coefficient (Wildman–Crippen LogP) is 3.89. The van der Waals surface area contributed by atoms with Gasteiger partial charge in [-0.2, -0.15) is 0 Å². The molecule has 1 aliphatic heterocycles. The lowest BCUT2D eigenvalue weighted by Crippen LogP contribution is -2.44. The second kappa shape index (κ2) is 5.21. The molecule has 0 amide bonds. The molecular weight excluding hydrogens is 220 g/mol. The Morgan fingerprint density at radius 2 is 1.94 bits per heavy atom. The van der Waals surface area contributed by atoms with Gasteiger partial charge in [0.1, 0.15) is 0 Å². The summed E-state index contributed by atoms with van der Waals surface area (Å²) in [7, 11) is 0. The normalized spacial score (nSPS) is 24.5. The van der Waals surface area contributed by atoms with Gasteiger partial charge in [0, 0.05) is 19.1 Å². The lowest BCUT2D eigenvalue weighted by Gasteiger charge is -2.40. The molecule has 3 rings (SSSR count). The lowest BCUT2D eigenvalue weighted by atomic mass is 9.88. The molecule has 1 fully saturated rings. The minimum Gasteiger partial charge on any atom is -0.381 e. The Kier molecular flexibility index (Phi) is 3.44. The number of rotatable bonds is 2. The number of hydrogen-bond donors (Lipinski definition) is 1. The first-order chi connectivity index (χ1) is 8.84. The van der Waals surface area contributed by atoms with Crippen molar-refractivity contribution in [1.29, 1.82) is 0 Å². The Labute approximate surface area is 110 Å². The van der Waals surface area contributed by atoms with Gasteiger partial charge in [0.05, 0.1) is 11.4 Å². The summed E-state index contributed by atoms with van der Waals surface area (Å²) in [5.74, 6) is 0.910. The summed E-state index contributed by atoms with van der Waals surface area (Å²) in [5, 5.41) is 3.54. The van der Waals surface area contributed by atoms with Crippen molar-refractivity contribution in [3.63, 3.8) is 0 Å². The SMILES string of the molecule is CC1CNc2ccccc2N1CC1CCCCC1. The smallest absolute Gasteiger partial charge is 0.0605 e. The molecule has 2 nitrogen and oxygen atoms in total. The molecule has 1 saturated carbocycles. The third-order valence-electron chi connectivity index (χ3n) is 4.51. The van der Waals surface area contributed by atoms with Crippen LogP contribution in [0.5, 0.6) is 0 Å². The summed E-state index contributed by atoms with van der Waals surface area (Å²) < 4.78 is 0. The van der Waals surface area contributed by atoms with Crippen molar-refractivity contribution in [1.82, 2.24) is 0 Å². The first-order valence-electron chi connectivity index (χ1n) is 7.44. The molecule has 1 aromatic rings. The summed E-state index contributed by atoms with van der Waals surface area (Å²) >= 11 is 0. The highest BCUT2D eigenvalue weighted by Gasteiger charge is 2.25. The number of nitrogens with one attached hydrogen (secondary N) is 1. The highest BCUT2D eigenvalue weighted by atomic mass is 15.2. The maximum atomic E-state index is 3.54. The Hall–Kier alpha value is -1.18. The van der Waals surface area contributed by atoms with Crippen molar-refractivity contribution in [2.45, 2.75) is 45.1 Å².